The van der Waals surface area contributed by atoms with Crippen molar-refractivity contribution in [3.63, 3.8) is 0 Å². The third kappa shape index (κ3) is 2.96. The van der Waals surface area contributed by atoms with E-state index in [1.165, 1.54) is 25.9 Å². The van der Waals surface area contributed by atoms with E-state index in [1.54, 1.807) is 0 Å². The maximum atomic E-state index is 3.37. The van der Waals surface area contributed by atoms with E-state index >= 15 is 0 Å². The van der Waals surface area contributed by atoms with Crippen LogP contribution < -0.4 is 5.32 Å². The number of hydrogen-bond donors (Lipinski definition) is 1. The van der Waals surface area contributed by atoms with E-state index in [1.807, 2.05) is 0 Å². The number of piperidine rings is 1. The highest BCUT2D eigenvalue weighted by Crippen LogP contribution is 2.17. The lowest BCUT2D eigenvalue weighted by Crippen LogP contribution is -2.46. The molecular weight excluding hydrogens is 160 g/mol. The maximum absolute atomic E-state index is 3.37. The smallest absolute Gasteiger partial charge is 0.00899 e. The summed E-state index contributed by atoms with van der Waals surface area (Å²) in [4.78, 5) is 2.62. The molecular formula is C11H24N2. The Morgan fingerprint density at radius 3 is 2.08 bits per heavy atom. The summed E-state index contributed by atoms with van der Waals surface area (Å²) in [5, 5.41) is 3.37. The molecule has 1 aliphatic rings. The normalized spacial score (nSPS) is 23.8. The molecule has 0 bridgehead atoms. The van der Waals surface area contributed by atoms with Gasteiger partial charge in [0, 0.05) is 12.1 Å². The third-order valence-electron chi connectivity index (χ3n) is 3.48. The zero-order valence-corrected chi connectivity index (χ0v) is 9.51. The SMILES string of the molecule is CNC1CCN(C(C)C(C)C)CC1. The molecule has 0 saturated carbocycles. The summed E-state index contributed by atoms with van der Waals surface area (Å²) in [6, 6.07) is 1.51. The second-order valence-electron chi connectivity index (χ2n) is 4.58. The molecule has 0 radical (unpaired) electrons. The van der Waals surface area contributed by atoms with Gasteiger partial charge in [-0.2, -0.15) is 0 Å². The van der Waals surface area contributed by atoms with Gasteiger partial charge < -0.3 is 10.2 Å². The molecule has 0 aromatic heterocycles. The molecule has 1 saturated heterocycles. The molecule has 0 spiro atoms. The standard InChI is InChI=1S/C11H24N2/c1-9(2)10(3)13-7-5-11(12-4)6-8-13/h9-12H,5-8H2,1-4H3. The Hall–Kier alpha value is -0.0800. The maximum Gasteiger partial charge on any atom is 0.00899 e. The molecule has 1 aliphatic heterocycles. The molecule has 1 rings (SSSR count). The summed E-state index contributed by atoms with van der Waals surface area (Å²) in [6.45, 7) is 9.52. The molecule has 0 aromatic rings. The number of likely N-dealkylation sites (tertiary alicyclic amines) is 1. The van der Waals surface area contributed by atoms with Crippen LogP contribution >= 0.6 is 0 Å². The highest BCUT2D eigenvalue weighted by Gasteiger charge is 2.22. The van der Waals surface area contributed by atoms with Crippen LogP contribution in [-0.4, -0.2) is 37.1 Å². The van der Waals surface area contributed by atoms with Crippen molar-refractivity contribution in [3.05, 3.63) is 0 Å². The van der Waals surface area contributed by atoms with Crippen LogP contribution in [0.3, 0.4) is 0 Å². The Labute approximate surface area is 82.7 Å². The lowest BCUT2D eigenvalue weighted by atomic mass is 9.99. The molecule has 0 amide bonds. The van der Waals surface area contributed by atoms with Crippen molar-refractivity contribution in [1.29, 1.82) is 0 Å². The Morgan fingerprint density at radius 2 is 1.69 bits per heavy atom. The van der Waals surface area contributed by atoms with Gasteiger partial charge in [0.1, 0.15) is 0 Å². The third-order valence-corrected chi connectivity index (χ3v) is 3.48. The van der Waals surface area contributed by atoms with Crippen molar-refractivity contribution in [1.82, 2.24) is 10.2 Å². The van der Waals surface area contributed by atoms with Crippen molar-refractivity contribution in [2.75, 3.05) is 20.1 Å². The lowest BCUT2D eigenvalue weighted by Gasteiger charge is -2.37. The van der Waals surface area contributed by atoms with Gasteiger partial charge in [0.05, 0.1) is 0 Å². The number of nitrogens with zero attached hydrogens (tertiary/aromatic N) is 1. The monoisotopic (exact) mass is 184 g/mol. The quantitative estimate of drug-likeness (QED) is 0.718. The Kier molecular flexibility index (Phi) is 4.20. The molecule has 1 unspecified atom stereocenters. The molecule has 1 fully saturated rings. The first kappa shape index (κ1) is 11.0. The van der Waals surface area contributed by atoms with Gasteiger partial charge in [-0.25, -0.2) is 0 Å². The first-order valence-corrected chi connectivity index (χ1v) is 5.56. The van der Waals surface area contributed by atoms with Gasteiger partial charge in [0.15, 0.2) is 0 Å². The zero-order valence-electron chi connectivity index (χ0n) is 9.51. The second kappa shape index (κ2) is 4.97. The zero-order chi connectivity index (χ0) is 9.84. The van der Waals surface area contributed by atoms with Crippen LogP contribution in [0.2, 0.25) is 0 Å². The van der Waals surface area contributed by atoms with E-state index in [0.29, 0.717) is 0 Å². The van der Waals surface area contributed by atoms with Crippen LogP contribution in [0.5, 0.6) is 0 Å². The highest BCUT2D eigenvalue weighted by molar-refractivity contribution is 4.80. The number of nitrogens with one attached hydrogen (secondary N) is 1. The summed E-state index contributed by atoms with van der Waals surface area (Å²) >= 11 is 0. The molecule has 2 nitrogen and oxygen atoms in total. The summed E-state index contributed by atoms with van der Waals surface area (Å²) in [6.07, 6.45) is 2.63. The first-order valence-electron chi connectivity index (χ1n) is 5.56. The van der Waals surface area contributed by atoms with Gasteiger partial charge in [-0.3, -0.25) is 0 Å². The average molecular weight is 184 g/mol. The van der Waals surface area contributed by atoms with Gasteiger partial charge in [0.2, 0.25) is 0 Å². The summed E-state index contributed by atoms with van der Waals surface area (Å²) in [7, 11) is 2.08. The Morgan fingerprint density at radius 1 is 1.15 bits per heavy atom. The molecule has 2 heteroatoms. The van der Waals surface area contributed by atoms with Crippen LogP contribution in [0.15, 0.2) is 0 Å². The number of rotatable bonds is 3. The van der Waals surface area contributed by atoms with Crippen LogP contribution in [0.4, 0.5) is 0 Å². The van der Waals surface area contributed by atoms with Crippen LogP contribution in [0.1, 0.15) is 33.6 Å². The van der Waals surface area contributed by atoms with Gasteiger partial charge in [-0.1, -0.05) is 13.8 Å². The molecule has 1 heterocycles. The van der Waals surface area contributed by atoms with Gasteiger partial charge in [-0.05, 0) is 45.8 Å². The van der Waals surface area contributed by atoms with Crippen LogP contribution in [0, 0.1) is 5.92 Å². The van der Waals surface area contributed by atoms with Gasteiger partial charge in [-0.15, -0.1) is 0 Å². The van der Waals surface area contributed by atoms with E-state index in [4.69, 9.17) is 0 Å². The van der Waals surface area contributed by atoms with Crippen molar-refractivity contribution in [2.24, 2.45) is 5.92 Å². The fourth-order valence-corrected chi connectivity index (χ4v) is 2.02. The Bertz CT molecular complexity index is 137. The van der Waals surface area contributed by atoms with Gasteiger partial charge >= 0.3 is 0 Å². The number of hydrogen-bond acceptors (Lipinski definition) is 2. The summed E-state index contributed by atoms with van der Waals surface area (Å²) < 4.78 is 0. The van der Waals surface area contributed by atoms with Crippen molar-refractivity contribution in [2.45, 2.75) is 45.7 Å². The minimum atomic E-state index is 0.748. The lowest BCUT2D eigenvalue weighted by molar-refractivity contribution is 0.126. The molecule has 1 atom stereocenters. The molecule has 1 N–H and O–H groups in total. The predicted molar refractivity (Wildman–Crippen MR) is 58.0 cm³/mol. The predicted octanol–water partition coefficient (Wildman–Crippen LogP) is 1.71. The molecule has 0 aliphatic carbocycles. The van der Waals surface area contributed by atoms with Crippen molar-refractivity contribution >= 4 is 0 Å². The minimum absolute atomic E-state index is 0.748. The summed E-state index contributed by atoms with van der Waals surface area (Å²) in [5.41, 5.74) is 0. The fraction of sp³-hybridized carbons (Fsp3) is 1.00. The van der Waals surface area contributed by atoms with E-state index in [2.05, 4.69) is 38.0 Å². The van der Waals surface area contributed by atoms with Crippen LogP contribution in [0.25, 0.3) is 0 Å². The van der Waals surface area contributed by atoms with Gasteiger partial charge in [0.25, 0.3) is 0 Å². The van der Waals surface area contributed by atoms with E-state index in [-0.39, 0.29) is 0 Å². The van der Waals surface area contributed by atoms with E-state index < -0.39 is 0 Å². The average Bonchev–Trinajstić information content (AvgIpc) is 2.17. The molecule has 78 valence electrons. The molecule has 0 aromatic carbocycles. The second-order valence-corrected chi connectivity index (χ2v) is 4.58. The minimum Gasteiger partial charge on any atom is -0.317 e. The van der Waals surface area contributed by atoms with E-state index in [0.717, 1.165) is 18.0 Å². The highest BCUT2D eigenvalue weighted by atomic mass is 15.2. The summed E-state index contributed by atoms with van der Waals surface area (Å²) in [5.74, 6) is 0.783. The van der Waals surface area contributed by atoms with Crippen molar-refractivity contribution < 1.29 is 0 Å². The van der Waals surface area contributed by atoms with Crippen molar-refractivity contribution in [3.8, 4) is 0 Å². The topological polar surface area (TPSA) is 15.3 Å². The first-order chi connectivity index (χ1) is 6.15. The Balaban J connectivity index is 2.32. The van der Waals surface area contributed by atoms with Crippen LogP contribution in [-0.2, 0) is 0 Å². The van der Waals surface area contributed by atoms with E-state index in [9.17, 15) is 0 Å². The fourth-order valence-electron chi connectivity index (χ4n) is 2.02. The largest absolute Gasteiger partial charge is 0.317 e. The molecule has 13 heavy (non-hydrogen) atoms.